The van der Waals surface area contributed by atoms with E-state index >= 15 is 0 Å². The second-order valence-corrected chi connectivity index (χ2v) is 6.82. The molecular weight excluding hydrogens is 266 g/mol. The summed E-state index contributed by atoms with van der Waals surface area (Å²) < 4.78 is 7.13. The lowest BCUT2D eigenvalue weighted by molar-refractivity contribution is 0.0827. The maximum absolute atomic E-state index is 5.75. The van der Waals surface area contributed by atoms with E-state index in [2.05, 4.69) is 41.5 Å². The van der Waals surface area contributed by atoms with Crippen LogP contribution >= 0.6 is 11.3 Å². The summed E-state index contributed by atoms with van der Waals surface area (Å²) in [5.74, 6) is 0.906. The van der Waals surface area contributed by atoms with E-state index in [-0.39, 0.29) is 0 Å². The van der Waals surface area contributed by atoms with Crippen LogP contribution in [0.5, 0.6) is 0 Å². The largest absolute Gasteiger partial charge is 0.381 e. The third-order valence-corrected chi connectivity index (χ3v) is 4.85. The summed E-state index contributed by atoms with van der Waals surface area (Å²) in [6.07, 6.45) is 2.18. The minimum absolute atomic E-state index is 0.839. The Morgan fingerprint density at radius 1 is 1.25 bits per heavy atom. The van der Waals surface area contributed by atoms with Crippen molar-refractivity contribution in [1.82, 2.24) is 4.90 Å². The fraction of sp³-hybridized carbons (Fsp3) is 0.529. The van der Waals surface area contributed by atoms with Crippen LogP contribution in [0.25, 0.3) is 10.1 Å². The average molecular weight is 289 g/mol. The van der Waals surface area contributed by atoms with Gasteiger partial charge in [-0.05, 0) is 47.2 Å². The number of hydrogen-bond acceptors (Lipinski definition) is 3. The molecule has 0 saturated carbocycles. The van der Waals surface area contributed by atoms with Crippen LogP contribution < -0.4 is 0 Å². The van der Waals surface area contributed by atoms with Gasteiger partial charge < -0.3 is 9.64 Å². The molecular formula is C17H23NOS. The number of rotatable bonds is 7. The van der Waals surface area contributed by atoms with Crippen molar-refractivity contribution in [2.75, 3.05) is 32.8 Å². The Morgan fingerprint density at radius 2 is 2.15 bits per heavy atom. The molecule has 0 atom stereocenters. The topological polar surface area (TPSA) is 12.5 Å². The summed E-state index contributed by atoms with van der Waals surface area (Å²) >= 11 is 1.81. The predicted molar refractivity (Wildman–Crippen MR) is 86.6 cm³/mol. The van der Waals surface area contributed by atoms with Crippen LogP contribution in [0.3, 0.4) is 0 Å². The van der Waals surface area contributed by atoms with Gasteiger partial charge in [0.1, 0.15) is 0 Å². The van der Waals surface area contributed by atoms with Crippen molar-refractivity contribution < 1.29 is 4.74 Å². The van der Waals surface area contributed by atoms with Crippen LogP contribution in [0.1, 0.15) is 18.9 Å². The van der Waals surface area contributed by atoms with Gasteiger partial charge in [-0.15, -0.1) is 11.3 Å². The molecule has 0 unspecified atom stereocenters. The molecule has 3 heteroatoms. The molecule has 0 bridgehead atoms. The van der Waals surface area contributed by atoms with E-state index in [0.29, 0.717) is 0 Å². The first-order valence-corrected chi connectivity index (χ1v) is 8.45. The molecule has 0 spiro atoms. The van der Waals surface area contributed by atoms with Crippen LogP contribution in [0, 0.1) is 5.92 Å². The molecule has 2 nitrogen and oxygen atoms in total. The zero-order chi connectivity index (χ0) is 13.8. The lowest BCUT2D eigenvalue weighted by Gasteiger charge is -2.37. The number of likely N-dealkylation sites (tertiary alicyclic amines) is 1. The van der Waals surface area contributed by atoms with Crippen molar-refractivity contribution in [3.05, 3.63) is 35.2 Å². The van der Waals surface area contributed by atoms with Crippen molar-refractivity contribution in [2.24, 2.45) is 5.92 Å². The fourth-order valence-electron chi connectivity index (χ4n) is 2.86. The molecule has 1 aliphatic rings. The van der Waals surface area contributed by atoms with Crippen LogP contribution in [0.4, 0.5) is 0 Å². The minimum Gasteiger partial charge on any atom is -0.381 e. The zero-order valence-corrected chi connectivity index (χ0v) is 13.0. The Labute approximate surface area is 125 Å². The number of ether oxygens (including phenoxy) is 1. The van der Waals surface area contributed by atoms with Gasteiger partial charge in [0.25, 0.3) is 0 Å². The van der Waals surface area contributed by atoms with Crippen LogP contribution in [0.2, 0.25) is 0 Å². The molecule has 108 valence electrons. The molecule has 1 saturated heterocycles. The molecule has 0 amide bonds. The summed E-state index contributed by atoms with van der Waals surface area (Å²) in [5.41, 5.74) is 1.38. The van der Waals surface area contributed by atoms with Gasteiger partial charge in [0, 0.05) is 30.9 Å². The van der Waals surface area contributed by atoms with E-state index in [0.717, 1.165) is 32.0 Å². The van der Waals surface area contributed by atoms with Gasteiger partial charge in [0.15, 0.2) is 0 Å². The first-order chi connectivity index (χ1) is 9.81. The van der Waals surface area contributed by atoms with E-state index < -0.39 is 0 Å². The number of nitrogens with zero attached hydrogens (tertiary/aromatic N) is 1. The molecule has 0 aliphatic carbocycles. The van der Waals surface area contributed by atoms with Crippen LogP contribution in [0.15, 0.2) is 29.6 Å². The van der Waals surface area contributed by atoms with Crippen molar-refractivity contribution >= 4 is 21.4 Å². The van der Waals surface area contributed by atoms with Crippen molar-refractivity contribution in [1.29, 1.82) is 0 Å². The summed E-state index contributed by atoms with van der Waals surface area (Å²) in [7, 11) is 0. The van der Waals surface area contributed by atoms with Crippen molar-refractivity contribution in [3.63, 3.8) is 0 Å². The van der Waals surface area contributed by atoms with Crippen LogP contribution in [-0.4, -0.2) is 37.7 Å². The monoisotopic (exact) mass is 289 g/mol. The normalized spacial score (nSPS) is 16.6. The quantitative estimate of drug-likeness (QED) is 0.719. The maximum atomic E-state index is 5.75. The molecule has 3 rings (SSSR count). The van der Waals surface area contributed by atoms with E-state index in [1.165, 1.54) is 35.3 Å². The smallest absolute Gasteiger partial charge is 0.0506 e. The summed E-state index contributed by atoms with van der Waals surface area (Å²) in [6.45, 7) is 7.81. The van der Waals surface area contributed by atoms with E-state index in [1.807, 2.05) is 0 Å². The van der Waals surface area contributed by atoms with Gasteiger partial charge in [0.2, 0.25) is 0 Å². The third-order valence-electron chi connectivity index (χ3n) is 3.95. The highest BCUT2D eigenvalue weighted by atomic mass is 32.1. The molecule has 2 heterocycles. The highest BCUT2D eigenvalue weighted by Gasteiger charge is 2.20. The van der Waals surface area contributed by atoms with Gasteiger partial charge in [-0.1, -0.05) is 19.1 Å². The summed E-state index contributed by atoms with van der Waals surface area (Å²) in [5, 5.41) is 3.51. The van der Waals surface area contributed by atoms with E-state index in [9.17, 15) is 0 Å². The first kappa shape index (κ1) is 14.1. The highest BCUT2D eigenvalue weighted by Crippen LogP contribution is 2.21. The molecule has 1 aromatic heterocycles. The van der Waals surface area contributed by atoms with Crippen LogP contribution in [-0.2, 0) is 11.2 Å². The Hall–Kier alpha value is -0.900. The standard InChI is InChI=1S/C17H23NOS/c1-14-12-18(13-14)7-2-8-19-9-5-15-3-4-17-16(11-15)6-10-20-17/h3-4,6,10-11,14H,2,5,7-9,12-13H2,1H3. The average Bonchev–Trinajstić information content (AvgIpc) is 2.87. The van der Waals surface area contributed by atoms with Gasteiger partial charge in [0.05, 0.1) is 6.61 Å². The van der Waals surface area contributed by atoms with E-state index in [1.54, 1.807) is 11.3 Å². The Morgan fingerprint density at radius 3 is 3.00 bits per heavy atom. The molecule has 2 aromatic rings. The Bertz CT molecular complexity index is 545. The minimum atomic E-state index is 0.839. The van der Waals surface area contributed by atoms with Gasteiger partial charge in [-0.25, -0.2) is 0 Å². The summed E-state index contributed by atoms with van der Waals surface area (Å²) in [4.78, 5) is 2.51. The van der Waals surface area contributed by atoms with Gasteiger partial charge in [-0.3, -0.25) is 0 Å². The van der Waals surface area contributed by atoms with Gasteiger partial charge in [-0.2, -0.15) is 0 Å². The molecule has 0 radical (unpaired) electrons. The number of benzene rings is 1. The Kier molecular flexibility index (Phi) is 4.71. The Balaban J connectivity index is 1.31. The highest BCUT2D eigenvalue weighted by molar-refractivity contribution is 7.17. The van der Waals surface area contributed by atoms with Crippen molar-refractivity contribution in [2.45, 2.75) is 19.8 Å². The fourth-order valence-corrected chi connectivity index (χ4v) is 3.64. The number of hydrogen-bond donors (Lipinski definition) is 0. The maximum Gasteiger partial charge on any atom is 0.0506 e. The zero-order valence-electron chi connectivity index (χ0n) is 12.2. The molecule has 1 aliphatic heterocycles. The summed E-state index contributed by atoms with van der Waals surface area (Å²) in [6, 6.07) is 8.93. The van der Waals surface area contributed by atoms with E-state index in [4.69, 9.17) is 4.74 Å². The SMILES string of the molecule is CC1CN(CCCOCCc2ccc3sccc3c2)C1. The molecule has 0 N–H and O–H groups in total. The lowest BCUT2D eigenvalue weighted by Crippen LogP contribution is -2.45. The van der Waals surface area contributed by atoms with Gasteiger partial charge >= 0.3 is 0 Å². The van der Waals surface area contributed by atoms with Crippen molar-refractivity contribution in [3.8, 4) is 0 Å². The number of thiophene rings is 1. The molecule has 1 fully saturated rings. The lowest BCUT2D eigenvalue weighted by atomic mass is 10.0. The number of fused-ring (bicyclic) bond motifs is 1. The second-order valence-electron chi connectivity index (χ2n) is 5.87. The second kappa shape index (κ2) is 6.70. The molecule has 1 aromatic carbocycles. The first-order valence-electron chi connectivity index (χ1n) is 7.57. The third kappa shape index (κ3) is 3.60. The molecule has 20 heavy (non-hydrogen) atoms. The predicted octanol–water partition coefficient (Wildman–Crippen LogP) is 3.80.